The first-order chi connectivity index (χ1) is 12.5. The Labute approximate surface area is 155 Å². The Morgan fingerprint density at radius 3 is 2.46 bits per heavy atom. The lowest BCUT2D eigenvalue weighted by molar-refractivity contribution is -0.121. The number of hydrogen-bond donors (Lipinski definition) is 1. The molecular formula is C21H27NO4. The molecule has 0 fully saturated rings. The summed E-state index contributed by atoms with van der Waals surface area (Å²) in [6, 6.07) is 13.4. The lowest BCUT2D eigenvalue weighted by Gasteiger charge is -2.16. The molecule has 1 atom stereocenters. The number of hydrogen-bond acceptors (Lipinski definition) is 4. The molecule has 0 saturated heterocycles. The van der Waals surface area contributed by atoms with Crippen LogP contribution in [0.1, 0.15) is 36.9 Å². The Kier molecular flexibility index (Phi) is 7.33. The van der Waals surface area contributed by atoms with Crippen LogP contribution in [0, 0.1) is 6.92 Å². The Bertz CT molecular complexity index is 730. The highest BCUT2D eigenvalue weighted by Gasteiger charge is 2.12. The van der Waals surface area contributed by atoms with Gasteiger partial charge in [0, 0.05) is 6.42 Å². The van der Waals surface area contributed by atoms with Crippen molar-refractivity contribution in [3.63, 3.8) is 0 Å². The number of carbonyl (C=O) groups is 1. The van der Waals surface area contributed by atoms with Gasteiger partial charge in [0.1, 0.15) is 5.75 Å². The highest BCUT2D eigenvalue weighted by atomic mass is 16.5. The van der Waals surface area contributed by atoms with E-state index in [0.717, 1.165) is 16.9 Å². The van der Waals surface area contributed by atoms with Crippen LogP contribution in [0.15, 0.2) is 42.5 Å². The third-order valence-corrected chi connectivity index (χ3v) is 4.18. The Morgan fingerprint density at radius 1 is 1.04 bits per heavy atom. The molecule has 1 N–H and O–H groups in total. The van der Waals surface area contributed by atoms with Crippen molar-refractivity contribution < 1.29 is 19.0 Å². The van der Waals surface area contributed by atoms with Crippen molar-refractivity contribution in [3.05, 3.63) is 53.6 Å². The molecule has 0 aliphatic rings. The van der Waals surface area contributed by atoms with Crippen molar-refractivity contribution in [2.45, 2.75) is 32.7 Å². The molecule has 2 rings (SSSR count). The standard InChI is InChI=1S/C21H27NO4/c1-15-8-5-6-9-18(15)26-13-7-10-21(23)22-16(2)17-11-12-19(24-3)20(14-17)25-4/h5-6,8-9,11-12,14,16H,7,10,13H2,1-4H3,(H,22,23). The molecule has 140 valence electrons. The van der Waals surface area contributed by atoms with Gasteiger partial charge in [-0.15, -0.1) is 0 Å². The second-order valence-electron chi connectivity index (χ2n) is 6.12. The zero-order valence-corrected chi connectivity index (χ0v) is 15.9. The first kappa shape index (κ1) is 19.6. The van der Waals surface area contributed by atoms with Gasteiger partial charge in [0.15, 0.2) is 11.5 Å². The highest BCUT2D eigenvalue weighted by molar-refractivity contribution is 5.76. The van der Waals surface area contributed by atoms with Crippen molar-refractivity contribution in [2.24, 2.45) is 0 Å². The van der Waals surface area contributed by atoms with Gasteiger partial charge in [-0.05, 0) is 49.6 Å². The third kappa shape index (κ3) is 5.41. The summed E-state index contributed by atoms with van der Waals surface area (Å²) >= 11 is 0. The molecule has 2 aromatic carbocycles. The van der Waals surface area contributed by atoms with E-state index >= 15 is 0 Å². The van der Waals surface area contributed by atoms with Crippen LogP contribution in [0.25, 0.3) is 0 Å². The van der Waals surface area contributed by atoms with E-state index in [9.17, 15) is 4.79 Å². The zero-order chi connectivity index (χ0) is 18.9. The van der Waals surface area contributed by atoms with Crippen LogP contribution in [0.2, 0.25) is 0 Å². The van der Waals surface area contributed by atoms with Crippen molar-refractivity contribution >= 4 is 5.91 Å². The number of methoxy groups -OCH3 is 2. The number of benzene rings is 2. The average molecular weight is 357 g/mol. The SMILES string of the molecule is COc1ccc(C(C)NC(=O)CCCOc2ccccc2C)cc1OC. The van der Waals surface area contributed by atoms with Crippen LogP contribution in [0.5, 0.6) is 17.2 Å². The minimum Gasteiger partial charge on any atom is -0.493 e. The molecule has 1 amide bonds. The molecule has 1 unspecified atom stereocenters. The molecule has 5 heteroatoms. The summed E-state index contributed by atoms with van der Waals surface area (Å²) in [5, 5.41) is 3.00. The maximum atomic E-state index is 12.2. The molecule has 2 aromatic rings. The minimum atomic E-state index is -0.111. The predicted molar refractivity (Wildman–Crippen MR) is 102 cm³/mol. The van der Waals surface area contributed by atoms with E-state index in [4.69, 9.17) is 14.2 Å². The zero-order valence-electron chi connectivity index (χ0n) is 15.9. The third-order valence-electron chi connectivity index (χ3n) is 4.18. The number of rotatable bonds is 9. The molecule has 0 aromatic heterocycles. The van der Waals surface area contributed by atoms with Crippen LogP contribution in [-0.2, 0) is 4.79 Å². The number of carbonyl (C=O) groups excluding carboxylic acids is 1. The maximum absolute atomic E-state index is 12.2. The molecule has 0 saturated carbocycles. The molecule has 0 heterocycles. The van der Waals surface area contributed by atoms with Gasteiger partial charge in [0.05, 0.1) is 26.9 Å². The maximum Gasteiger partial charge on any atom is 0.220 e. The molecule has 26 heavy (non-hydrogen) atoms. The number of para-hydroxylation sites is 1. The van der Waals surface area contributed by atoms with Crippen molar-refractivity contribution in [1.29, 1.82) is 0 Å². The van der Waals surface area contributed by atoms with E-state index in [0.29, 0.717) is 30.9 Å². The molecule has 0 aliphatic heterocycles. The Hall–Kier alpha value is -2.69. The highest BCUT2D eigenvalue weighted by Crippen LogP contribution is 2.29. The Morgan fingerprint density at radius 2 is 1.77 bits per heavy atom. The predicted octanol–water partition coefficient (Wildman–Crippen LogP) is 4.05. The van der Waals surface area contributed by atoms with Crippen molar-refractivity contribution in [1.82, 2.24) is 5.32 Å². The van der Waals surface area contributed by atoms with Crippen LogP contribution in [0.3, 0.4) is 0 Å². The van der Waals surface area contributed by atoms with Crippen LogP contribution < -0.4 is 19.5 Å². The molecule has 0 bridgehead atoms. The lowest BCUT2D eigenvalue weighted by Crippen LogP contribution is -2.26. The first-order valence-electron chi connectivity index (χ1n) is 8.75. The van der Waals surface area contributed by atoms with Gasteiger partial charge < -0.3 is 19.5 Å². The van der Waals surface area contributed by atoms with E-state index in [1.54, 1.807) is 14.2 Å². The summed E-state index contributed by atoms with van der Waals surface area (Å²) in [7, 11) is 3.20. The second-order valence-corrected chi connectivity index (χ2v) is 6.12. The monoisotopic (exact) mass is 357 g/mol. The number of amides is 1. The normalized spacial score (nSPS) is 11.5. The van der Waals surface area contributed by atoms with E-state index in [2.05, 4.69) is 5.32 Å². The van der Waals surface area contributed by atoms with Gasteiger partial charge >= 0.3 is 0 Å². The van der Waals surface area contributed by atoms with Gasteiger partial charge in [0.2, 0.25) is 5.91 Å². The lowest BCUT2D eigenvalue weighted by atomic mass is 10.1. The van der Waals surface area contributed by atoms with E-state index < -0.39 is 0 Å². The quantitative estimate of drug-likeness (QED) is 0.688. The average Bonchev–Trinajstić information content (AvgIpc) is 2.65. The summed E-state index contributed by atoms with van der Waals surface area (Å²) < 4.78 is 16.3. The van der Waals surface area contributed by atoms with Crippen LogP contribution in [-0.4, -0.2) is 26.7 Å². The minimum absolute atomic E-state index is 0.000619. The summed E-state index contributed by atoms with van der Waals surface area (Å²) in [5.41, 5.74) is 2.06. The summed E-state index contributed by atoms with van der Waals surface area (Å²) in [6.07, 6.45) is 1.09. The van der Waals surface area contributed by atoms with Gasteiger partial charge in [-0.1, -0.05) is 24.3 Å². The summed E-state index contributed by atoms with van der Waals surface area (Å²) in [6.45, 7) is 4.47. The molecule has 0 spiro atoms. The first-order valence-corrected chi connectivity index (χ1v) is 8.75. The van der Waals surface area contributed by atoms with Gasteiger partial charge in [-0.3, -0.25) is 4.79 Å². The Balaban J connectivity index is 1.79. The van der Waals surface area contributed by atoms with Crippen molar-refractivity contribution in [3.8, 4) is 17.2 Å². The summed E-state index contributed by atoms with van der Waals surface area (Å²) in [5.74, 6) is 2.19. The van der Waals surface area contributed by atoms with Crippen molar-refractivity contribution in [2.75, 3.05) is 20.8 Å². The van der Waals surface area contributed by atoms with E-state index in [1.165, 1.54) is 0 Å². The van der Waals surface area contributed by atoms with Gasteiger partial charge in [0.25, 0.3) is 0 Å². The number of aryl methyl sites for hydroxylation is 1. The number of nitrogens with one attached hydrogen (secondary N) is 1. The molecule has 0 aliphatic carbocycles. The van der Waals surface area contributed by atoms with Gasteiger partial charge in [-0.25, -0.2) is 0 Å². The van der Waals surface area contributed by atoms with E-state index in [1.807, 2.05) is 56.3 Å². The molecule has 0 radical (unpaired) electrons. The fraction of sp³-hybridized carbons (Fsp3) is 0.381. The second kappa shape index (κ2) is 9.70. The van der Waals surface area contributed by atoms with E-state index in [-0.39, 0.29) is 11.9 Å². The fourth-order valence-corrected chi connectivity index (χ4v) is 2.65. The largest absolute Gasteiger partial charge is 0.493 e. The topological polar surface area (TPSA) is 56.8 Å². The summed E-state index contributed by atoms with van der Waals surface area (Å²) in [4.78, 5) is 12.2. The van der Waals surface area contributed by atoms with Gasteiger partial charge in [-0.2, -0.15) is 0 Å². The molecule has 5 nitrogen and oxygen atoms in total. The smallest absolute Gasteiger partial charge is 0.220 e. The fourth-order valence-electron chi connectivity index (χ4n) is 2.65. The van der Waals surface area contributed by atoms with Crippen LogP contribution in [0.4, 0.5) is 0 Å². The van der Waals surface area contributed by atoms with Crippen LogP contribution >= 0.6 is 0 Å². The molecular weight excluding hydrogens is 330 g/mol. The number of ether oxygens (including phenoxy) is 3.